The molecule has 0 amide bonds. The summed E-state index contributed by atoms with van der Waals surface area (Å²) in [5.74, 6) is 0.825. The van der Waals surface area contributed by atoms with Gasteiger partial charge in [-0.2, -0.15) is 4.21 Å². The van der Waals surface area contributed by atoms with E-state index in [9.17, 15) is 4.21 Å². The van der Waals surface area contributed by atoms with E-state index in [1.165, 1.54) is 0 Å². The van der Waals surface area contributed by atoms with Crippen molar-refractivity contribution in [3.05, 3.63) is 29.3 Å². The Labute approximate surface area is 93.0 Å². The van der Waals surface area contributed by atoms with Crippen molar-refractivity contribution in [2.24, 2.45) is 0 Å². The normalized spacial score (nSPS) is 12.9. The molecule has 0 aliphatic carbocycles. The molecule has 1 aromatic rings. The molecule has 0 spiro atoms. The fraction of sp³-hybridized carbons (Fsp3) is 0.455. The molecule has 4 heteroatoms. The number of hydrogen-bond donors (Lipinski definition) is 1. The Morgan fingerprint density at radius 3 is 2.60 bits per heavy atom. The molecule has 0 saturated carbocycles. The largest absolute Gasteiger partial charge is 0.380 e. The lowest BCUT2D eigenvalue weighted by Gasteiger charge is -2.14. The highest BCUT2D eigenvalue weighted by atomic mass is 32.2. The molecule has 0 fully saturated rings. The van der Waals surface area contributed by atoms with Gasteiger partial charge in [0.05, 0.1) is 0 Å². The van der Waals surface area contributed by atoms with Gasteiger partial charge in [-0.3, -0.25) is 4.55 Å². The highest BCUT2D eigenvalue weighted by molar-refractivity contribution is 7.74. The van der Waals surface area contributed by atoms with Gasteiger partial charge in [0, 0.05) is 0 Å². The van der Waals surface area contributed by atoms with E-state index in [-0.39, 0.29) is 5.92 Å². The van der Waals surface area contributed by atoms with Gasteiger partial charge >= 0.3 is 11.4 Å². The summed E-state index contributed by atoms with van der Waals surface area (Å²) in [7, 11) is 0. The van der Waals surface area contributed by atoms with Gasteiger partial charge in [-0.1, -0.05) is 39.0 Å². The molecular weight excluding hydrogens is 212 g/mol. The Morgan fingerprint density at radius 2 is 2.13 bits per heavy atom. The monoisotopic (exact) mass is 228 g/mol. The van der Waals surface area contributed by atoms with Crippen molar-refractivity contribution in [3.8, 4) is 5.75 Å². The molecule has 1 aromatic carbocycles. The molecule has 1 unspecified atom stereocenters. The highest BCUT2D eigenvalue weighted by Crippen LogP contribution is 2.30. The Balaban J connectivity index is 3.20. The average Bonchev–Trinajstić information content (AvgIpc) is 2.16. The minimum absolute atomic E-state index is 0.273. The molecule has 1 atom stereocenters. The molecule has 1 N–H and O–H groups in total. The first kappa shape index (κ1) is 12.2. The summed E-state index contributed by atoms with van der Waals surface area (Å²) in [4.78, 5) is 0. The number of hydrogen-bond acceptors (Lipinski definition) is 2. The quantitative estimate of drug-likeness (QED) is 0.806. The lowest BCUT2D eigenvalue weighted by Crippen LogP contribution is -2.04. The molecule has 0 radical (unpaired) electrons. The molecule has 0 heterocycles. The van der Waals surface area contributed by atoms with E-state index in [0.717, 1.165) is 17.5 Å². The predicted octanol–water partition coefficient (Wildman–Crippen LogP) is 2.89. The third kappa shape index (κ3) is 3.04. The Morgan fingerprint density at radius 1 is 1.47 bits per heavy atom. The summed E-state index contributed by atoms with van der Waals surface area (Å²) < 4.78 is 24.4. The zero-order chi connectivity index (χ0) is 11.4. The van der Waals surface area contributed by atoms with Crippen LogP contribution in [0.2, 0.25) is 0 Å². The van der Waals surface area contributed by atoms with Gasteiger partial charge < -0.3 is 4.18 Å². The topological polar surface area (TPSA) is 46.5 Å². The lowest BCUT2D eigenvalue weighted by molar-refractivity contribution is 0.451. The van der Waals surface area contributed by atoms with E-state index in [2.05, 4.69) is 0 Å². The molecule has 0 bridgehead atoms. The van der Waals surface area contributed by atoms with Crippen LogP contribution in [0, 0.1) is 0 Å². The second kappa shape index (κ2) is 5.28. The summed E-state index contributed by atoms with van der Waals surface area (Å²) >= 11 is -2.26. The van der Waals surface area contributed by atoms with E-state index in [4.69, 9.17) is 8.74 Å². The number of aryl methyl sites for hydroxylation is 1. The van der Waals surface area contributed by atoms with Crippen molar-refractivity contribution >= 4 is 11.4 Å². The van der Waals surface area contributed by atoms with Crippen molar-refractivity contribution in [2.45, 2.75) is 33.1 Å². The van der Waals surface area contributed by atoms with Crippen LogP contribution in [0.25, 0.3) is 0 Å². The number of rotatable bonds is 4. The summed E-state index contributed by atoms with van der Waals surface area (Å²) in [5, 5.41) is 0. The molecule has 0 aliphatic rings. The fourth-order valence-electron chi connectivity index (χ4n) is 1.51. The van der Waals surface area contributed by atoms with Crippen LogP contribution in [0.1, 0.15) is 37.8 Å². The Bertz CT molecular complexity index is 361. The maximum atomic E-state index is 10.7. The van der Waals surface area contributed by atoms with Crippen molar-refractivity contribution in [3.63, 3.8) is 0 Å². The van der Waals surface area contributed by atoms with E-state index < -0.39 is 11.4 Å². The van der Waals surface area contributed by atoms with E-state index in [1.54, 1.807) is 0 Å². The van der Waals surface area contributed by atoms with Crippen LogP contribution in [0.3, 0.4) is 0 Å². The van der Waals surface area contributed by atoms with E-state index in [1.807, 2.05) is 39.0 Å². The average molecular weight is 228 g/mol. The molecule has 0 aromatic heterocycles. The minimum atomic E-state index is -2.26. The van der Waals surface area contributed by atoms with Gasteiger partial charge in [0.2, 0.25) is 0 Å². The Hall–Kier alpha value is -0.870. The highest BCUT2D eigenvalue weighted by Gasteiger charge is 2.13. The van der Waals surface area contributed by atoms with E-state index in [0.29, 0.717) is 5.75 Å². The van der Waals surface area contributed by atoms with Crippen LogP contribution < -0.4 is 4.18 Å². The molecule has 0 aliphatic heterocycles. The third-order valence-corrected chi connectivity index (χ3v) is 2.59. The number of benzene rings is 1. The predicted molar refractivity (Wildman–Crippen MR) is 61.3 cm³/mol. The van der Waals surface area contributed by atoms with Crippen LogP contribution in [-0.2, 0) is 17.8 Å². The van der Waals surface area contributed by atoms with Crippen LogP contribution in [0.15, 0.2) is 18.2 Å². The van der Waals surface area contributed by atoms with Crippen molar-refractivity contribution in [1.82, 2.24) is 0 Å². The molecular formula is C11H16O3S. The van der Waals surface area contributed by atoms with Crippen molar-refractivity contribution in [1.29, 1.82) is 0 Å². The van der Waals surface area contributed by atoms with Gasteiger partial charge in [-0.05, 0) is 23.5 Å². The molecule has 15 heavy (non-hydrogen) atoms. The smallest absolute Gasteiger partial charge is 0.357 e. The lowest BCUT2D eigenvalue weighted by atomic mass is 9.98. The standard InChI is InChI=1S/C11H16O3S/c1-4-9-6-5-7-10(8(2)3)11(9)14-15(12)13/h5-8H,4H2,1-3H3,(H,12,13). The Kier molecular flexibility index (Phi) is 4.29. The molecule has 3 nitrogen and oxygen atoms in total. The SMILES string of the molecule is CCc1cccc(C(C)C)c1OS(=O)O. The summed E-state index contributed by atoms with van der Waals surface area (Å²) in [6, 6.07) is 5.78. The van der Waals surface area contributed by atoms with Gasteiger partial charge in [-0.15, -0.1) is 0 Å². The third-order valence-electron chi connectivity index (χ3n) is 2.28. The summed E-state index contributed by atoms with van der Waals surface area (Å²) in [6.45, 7) is 6.05. The minimum Gasteiger partial charge on any atom is -0.380 e. The first-order chi connectivity index (χ1) is 7.06. The second-order valence-electron chi connectivity index (χ2n) is 3.64. The zero-order valence-electron chi connectivity index (χ0n) is 9.19. The van der Waals surface area contributed by atoms with Crippen LogP contribution in [0.5, 0.6) is 5.75 Å². The van der Waals surface area contributed by atoms with Gasteiger partial charge in [0.15, 0.2) is 0 Å². The maximum absolute atomic E-state index is 10.7. The van der Waals surface area contributed by atoms with Crippen molar-refractivity contribution < 1.29 is 12.9 Å². The molecule has 0 saturated heterocycles. The second-order valence-corrected chi connectivity index (χ2v) is 4.25. The van der Waals surface area contributed by atoms with Gasteiger partial charge in [0.25, 0.3) is 0 Å². The molecule has 84 valence electrons. The summed E-state index contributed by atoms with van der Waals surface area (Å²) in [5.41, 5.74) is 1.93. The fourth-order valence-corrected chi connectivity index (χ4v) is 1.86. The van der Waals surface area contributed by atoms with Crippen LogP contribution in [0.4, 0.5) is 0 Å². The van der Waals surface area contributed by atoms with Gasteiger partial charge in [-0.25, -0.2) is 0 Å². The van der Waals surface area contributed by atoms with Crippen LogP contribution >= 0.6 is 0 Å². The first-order valence-electron chi connectivity index (χ1n) is 4.97. The number of para-hydroxylation sites is 1. The summed E-state index contributed by atoms with van der Waals surface area (Å²) in [6.07, 6.45) is 0.785. The molecule has 1 rings (SSSR count). The first-order valence-corrected chi connectivity index (χ1v) is 6.00. The van der Waals surface area contributed by atoms with Crippen molar-refractivity contribution in [2.75, 3.05) is 0 Å². The maximum Gasteiger partial charge on any atom is 0.357 e. The van der Waals surface area contributed by atoms with Crippen LogP contribution in [-0.4, -0.2) is 8.76 Å². The zero-order valence-corrected chi connectivity index (χ0v) is 10.0. The van der Waals surface area contributed by atoms with E-state index >= 15 is 0 Å². The van der Waals surface area contributed by atoms with Gasteiger partial charge in [0.1, 0.15) is 5.75 Å².